The molecule has 6 nitrogen and oxygen atoms in total. The van der Waals surface area contributed by atoms with E-state index in [4.69, 9.17) is 4.74 Å². The van der Waals surface area contributed by atoms with Crippen LogP contribution in [0.4, 0.5) is 5.69 Å². The van der Waals surface area contributed by atoms with Crippen LogP contribution in [0.5, 0.6) is 5.75 Å². The Kier molecular flexibility index (Phi) is 5.87. The van der Waals surface area contributed by atoms with Crippen LogP contribution in [0.1, 0.15) is 48.9 Å². The second-order valence-corrected chi connectivity index (χ2v) is 9.58. The average Bonchev–Trinajstić information content (AvgIpc) is 3.43. The van der Waals surface area contributed by atoms with Crippen molar-refractivity contribution in [1.82, 2.24) is 4.31 Å². The van der Waals surface area contributed by atoms with E-state index in [2.05, 4.69) is 5.32 Å². The van der Waals surface area contributed by atoms with Crippen LogP contribution in [0.3, 0.4) is 0 Å². The second kappa shape index (κ2) is 8.55. The monoisotopic (exact) mass is 414 g/mol. The summed E-state index contributed by atoms with van der Waals surface area (Å²) in [6.45, 7) is 1.14. The molecule has 2 fully saturated rings. The lowest BCUT2D eigenvalue weighted by Crippen LogP contribution is -2.27. The number of hydrogen-bond acceptors (Lipinski definition) is 4. The molecule has 0 aromatic heterocycles. The molecule has 1 aliphatic heterocycles. The maximum atomic E-state index is 12.6. The SMILES string of the molecule is O=C(Nc1ccc(S(=O)(=O)N2CCCC2)cc1)c1ccc(OC2CCCC2)cc1. The van der Waals surface area contributed by atoms with Gasteiger partial charge in [-0.25, -0.2) is 8.42 Å². The van der Waals surface area contributed by atoms with Crippen molar-refractivity contribution < 1.29 is 17.9 Å². The summed E-state index contributed by atoms with van der Waals surface area (Å²) < 4.78 is 32.6. The first-order valence-electron chi connectivity index (χ1n) is 10.2. The zero-order chi connectivity index (χ0) is 20.3. The fraction of sp³-hybridized carbons (Fsp3) is 0.409. The third-order valence-corrected chi connectivity index (χ3v) is 7.45. The van der Waals surface area contributed by atoms with Gasteiger partial charge in [-0.15, -0.1) is 0 Å². The zero-order valence-electron chi connectivity index (χ0n) is 16.3. The van der Waals surface area contributed by atoms with Crippen molar-refractivity contribution >= 4 is 21.6 Å². The van der Waals surface area contributed by atoms with Crippen LogP contribution >= 0.6 is 0 Å². The summed E-state index contributed by atoms with van der Waals surface area (Å²) in [4.78, 5) is 12.7. The highest BCUT2D eigenvalue weighted by molar-refractivity contribution is 7.89. The summed E-state index contributed by atoms with van der Waals surface area (Å²) in [6.07, 6.45) is 6.68. The third kappa shape index (κ3) is 4.62. The Labute approximate surface area is 171 Å². The van der Waals surface area contributed by atoms with Gasteiger partial charge in [0.15, 0.2) is 0 Å². The summed E-state index contributed by atoms with van der Waals surface area (Å²) in [5, 5.41) is 2.81. The van der Waals surface area contributed by atoms with Crippen molar-refractivity contribution in [2.75, 3.05) is 18.4 Å². The number of carbonyl (C=O) groups excluding carboxylic acids is 1. The minimum absolute atomic E-state index is 0.243. The van der Waals surface area contributed by atoms with Gasteiger partial charge in [0.25, 0.3) is 5.91 Å². The summed E-state index contributed by atoms with van der Waals surface area (Å²) in [5.41, 5.74) is 1.08. The van der Waals surface area contributed by atoms with Crippen molar-refractivity contribution in [3.8, 4) is 5.75 Å². The fourth-order valence-electron chi connectivity index (χ4n) is 3.87. The number of rotatable bonds is 6. The number of amides is 1. The molecule has 2 aromatic rings. The Morgan fingerprint density at radius 1 is 0.897 bits per heavy atom. The predicted molar refractivity (Wildman–Crippen MR) is 112 cm³/mol. The quantitative estimate of drug-likeness (QED) is 0.774. The smallest absolute Gasteiger partial charge is 0.255 e. The molecule has 4 rings (SSSR count). The standard InChI is InChI=1S/C22H26N2O4S/c25-22(17-7-11-20(12-8-17)28-19-5-1-2-6-19)23-18-9-13-21(14-10-18)29(26,27)24-15-3-4-16-24/h7-14,19H,1-6,15-16H2,(H,23,25). The molecular weight excluding hydrogens is 388 g/mol. The Morgan fingerprint density at radius 3 is 2.14 bits per heavy atom. The van der Waals surface area contributed by atoms with E-state index in [1.807, 2.05) is 12.1 Å². The first-order chi connectivity index (χ1) is 14.0. The normalized spacial score (nSPS) is 18.1. The molecule has 0 bridgehead atoms. The highest BCUT2D eigenvalue weighted by Gasteiger charge is 2.27. The van der Waals surface area contributed by atoms with Crippen LogP contribution in [0, 0.1) is 0 Å². The molecule has 29 heavy (non-hydrogen) atoms. The molecular formula is C22H26N2O4S. The molecule has 1 amide bonds. The number of benzene rings is 2. The van der Waals surface area contributed by atoms with Crippen LogP contribution in [-0.2, 0) is 10.0 Å². The number of sulfonamides is 1. The third-order valence-electron chi connectivity index (χ3n) is 5.54. The van der Waals surface area contributed by atoms with E-state index < -0.39 is 10.0 Å². The fourth-order valence-corrected chi connectivity index (χ4v) is 5.39. The van der Waals surface area contributed by atoms with Gasteiger partial charge in [-0.05, 0) is 87.1 Å². The summed E-state index contributed by atoms with van der Waals surface area (Å²) in [7, 11) is -3.44. The van der Waals surface area contributed by atoms with Crippen molar-refractivity contribution in [3.63, 3.8) is 0 Å². The molecule has 154 valence electrons. The topological polar surface area (TPSA) is 75.7 Å². The molecule has 0 atom stereocenters. The van der Waals surface area contributed by atoms with Crippen LogP contribution in [0.2, 0.25) is 0 Å². The van der Waals surface area contributed by atoms with Gasteiger partial charge in [0.1, 0.15) is 5.75 Å². The molecule has 1 saturated carbocycles. The molecule has 1 N–H and O–H groups in total. The van der Waals surface area contributed by atoms with Crippen LogP contribution in [0.25, 0.3) is 0 Å². The number of hydrogen-bond donors (Lipinski definition) is 1. The Balaban J connectivity index is 1.38. The predicted octanol–water partition coefficient (Wildman–Crippen LogP) is 4.04. The van der Waals surface area contributed by atoms with Gasteiger partial charge in [-0.3, -0.25) is 4.79 Å². The summed E-state index contributed by atoms with van der Waals surface area (Å²) in [6, 6.07) is 13.5. The largest absolute Gasteiger partial charge is 0.490 e. The number of anilines is 1. The van der Waals surface area contributed by atoms with E-state index in [1.165, 1.54) is 17.1 Å². The number of nitrogens with zero attached hydrogens (tertiary/aromatic N) is 1. The van der Waals surface area contributed by atoms with Gasteiger partial charge in [0.2, 0.25) is 10.0 Å². The van der Waals surface area contributed by atoms with Gasteiger partial charge < -0.3 is 10.1 Å². The van der Waals surface area contributed by atoms with E-state index in [0.29, 0.717) is 24.3 Å². The highest BCUT2D eigenvalue weighted by atomic mass is 32.2. The maximum absolute atomic E-state index is 12.6. The number of carbonyl (C=O) groups is 1. The molecule has 1 heterocycles. The minimum Gasteiger partial charge on any atom is -0.490 e. The average molecular weight is 415 g/mol. The van der Waals surface area contributed by atoms with Crippen LogP contribution < -0.4 is 10.1 Å². The lowest BCUT2D eigenvalue weighted by molar-refractivity contribution is 0.102. The van der Waals surface area contributed by atoms with Crippen LogP contribution in [0.15, 0.2) is 53.4 Å². The zero-order valence-corrected chi connectivity index (χ0v) is 17.2. The van der Waals surface area contributed by atoms with E-state index in [9.17, 15) is 13.2 Å². The number of ether oxygens (including phenoxy) is 1. The van der Waals surface area contributed by atoms with Crippen molar-refractivity contribution in [2.24, 2.45) is 0 Å². The van der Waals surface area contributed by atoms with Crippen molar-refractivity contribution in [1.29, 1.82) is 0 Å². The maximum Gasteiger partial charge on any atom is 0.255 e. The summed E-state index contributed by atoms with van der Waals surface area (Å²) >= 11 is 0. The van der Waals surface area contributed by atoms with E-state index in [-0.39, 0.29) is 16.9 Å². The van der Waals surface area contributed by atoms with Gasteiger partial charge >= 0.3 is 0 Å². The van der Waals surface area contributed by atoms with Crippen molar-refractivity contribution in [2.45, 2.75) is 49.5 Å². The Morgan fingerprint density at radius 2 is 1.52 bits per heavy atom. The first-order valence-corrected chi connectivity index (χ1v) is 11.6. The van der Waals surface area contributed by atoms with Crippen molar-refractivity contribution in [3.05, 3.63) is 54.1 Å². The van der Waals surface area contributed by atoms with Gasteiger partial charge in [0.05, 0.1) is 11.0 Å². The summed E-state index contributed by atoms with van der Waals surface area (Å²) in [5.74, 6) is 0.539. The molecule has 7 heteroatoms. The Hall–Kier alpha value is -2.38. The highest BCUT2D eigenvalue weighted by Crippen LogP contribution is 2.25. The lowest BCUT2D eigenvalue weighted by atomic mass is 10.2. The minimum atomic E-state index is -3.44. The van der Waals surface area contributed by atoms with E-state index >= 15 is 0 Å². The molecule has 2 aromatic carbocycles. The molecule has 0 radical (unpaired) electrons. The first kappa shape index (κ1) is 19.9. The van der Waals surface area contributed by atoms with Gasteiger partial charge in [0, 0.05) is 24.3 Å². The van der Waals surface area contributed by atoms with E-state index in [0.717, 1.165) is 31.4 Å². The number of nitrogens with one attached hydrogen (secondary N) is 1. The van der Waals surface area contributed by atoms with Gasteiger partial charge in [-0.1, -0.05) is 0 Å². The lowest BCUT2D eigenvalue weighted by Gasteiger charge is -2.15. The Bertz CT molecular complexity index is 943. The molecule has 1 saturated heterocycles. The van der Waals surface area contributed by atoms with E-state index in [1.54, 1.807) is 36.4 Å². The molecule has 0 spiro atoms. The second-order valence-electron chi connectivity index (χ2n) is 7.64. The van der Waals surface area contributed by atoms with Gasteiger partial charge in [-0.2, -0.15) is 4.31 Å². The molecule has 1 aliphatic carbocycles. The molecule has 2 aliphatic rings. The molecule has 0 unspecified atom stereocenters. The van der Waals surface area contributed by atoms with Crippen LogP contribution in [-0.4, -0.2) is 37.8 Å².